The number of fused-ring (bicyclic) bond motifs is 1. The minimum absolute atomic E-state index is 0.00268. The number of thioether (sulfide) groups is 1. The van der Waals surface area contributed by atoms with Crippen molar-refractivity contribution >= 4 is 29.6 Å². The molecule has 2 aromatic rings. The number of aliphatic imine (C=N–C) groups is 1. The zero-order valence-corrected chi connectivity index (χ0v) is 11.6. The maximum atomic E-state index is 12.2. The van der Waals surface area contributed by atoms with Gasteiger partial charge in [0.15, 0.2) is 0 Å². The monoisotopic (exact) mass is 282 g/mol. The van der Waals surface area contributed by atoms with Crippen LogP contribution in [0.5, 0.6) is 0 Å². The van der Waals surface area contributed by atoms with Gasteiger partial charge in [-0.1, -0.05) is 42.5 Å². The van der Waals surface area contributed by atoms with Crippen LogP contribution >= 0.6 is 11.8 Å². The lowest BCUT2D eigenvalue weighted by Crippen LogP contribution is -2.33. The third-order valence-electron chi connectivity index (χ3n) is 3.04. The number of rotatable bonds is 3. The second kappa shape index (κ2) is 5.92. The summed E-state index contributed by atoms with van der Waals surface area (Å²) in [6, 6.07) is 17.8. The molecular formula is C16H14N2OS. The minimum Gasteiger partial charge on any atom is -0.351 e. The van der Waals surface area contributed by atoms with Crippen LogP contribution < -0.4 is 5.32 Å². The van der Waals surface area contributed by atoms with E-state index in [0.29, 0.717) is 6.54 Å². The van der Waals surface area contributed by atoms with E-state index in [1.54, 1.807) is 6.21 Å². The molecule has 1 atom stereocenters. The van der Waals surface area contributed by atoms with Gasteiger partial charge in [0.1, 0.15) is 5.25 Å². The van der Waals surface area contributed by atoms with Crippen molar-refractivity contribution in [3.05, 3.63) is 60.2 Å². The van der Waals surface area contributed by atoms with Crippen LogP contribution in [0.4, 0.5) is 5.69 Å². The second-order valence-electron chi connectivity index (χ2n) is 4.49. The molecule has 1 unspecified atom stereocenters. The van der Waals surface area contributed by atoms with Crippen LogP contribution in [0.3, 0.4) is 0 Å². The van der Waals surface area contributed by atoms with E-state index in [0.717, 1.165) is 16.1 Å². The van der Waals surface area contributed by atoms with E-state index in [9.17, 15) is 4.79 Å². The zero-order chi connectivity index (χ0) is 13.8. The van der Waals surface area contributed by atoms with Crippen molar-refractivity contribution in [1.82, 2.24) is 5.32 Å². The SMILES string of the molecule is O=C(NCc1ccccc1)C1C=Nc2ccccc2S1. The van der Waals surface area contributed by atoms with Gasteiger partial charge in [-0.25, -0.2) is 0 Å². The molecule has 0 saturated carbocycles. The molecule has 0 bridgehead atoms. The van der Waals surface area contributed by atoms with Crippen LogP contribution in [0, 0.1) is 0 Å². The molecule has 1 heterocycles. The number of hydrogen-bond acceptors (Lipinski definition) is 3. The Labute approximate surface area is 122 Å². The Morgan fingerprint density at radius 3 is 2.70 bits per heavy atom. The molecule has 0 spiro atoms. The van der Waals surface area contributed by atoms with Crippen LogP contribution in [0.1, 0.15) is 5.56 Å². The number of nitrogens with one attached hydrogen (secondary N) is 1. The van der Waals surface area contributed by atoms with Gasteiger partial charge in [0, 0.05) is 17.7 Å². The van der Waals surface area contributed by atoms with Gasteiger partial charge < -0.3 is 5.32 Å². The van der Waals surface area contributed by atoms with Gasteiger partial charge in [-0.15, -0.1) is 11.8 Å². The Balaban J connectivity index is 1.62. The molecule has 0 radical (unpaired) electrons. The lowest BCUT2D eigenvalue weighted by molar-refractivity contribution is -0.119. The van der Waals surface area contributed by atoms with Crippen molar-refractivity contribution in [2.24, 2.45) is 4.99 Å². The predicted octanol–water partition coefficient (Wildman–Crippen LogP) is 3.18. The second-order valence-corrected chi connectivity index (χ2v) is 5.67. The molecule has 0 aliphatic carbocycles. The fourth-order valence-electron chi connectivity index (χ4n) is 1.99. The molecule has 4 heteroatoms. The summed E-state index contributed by atoms with van der Waals surface area (Å²) >= 11 is 1.54. The smallest absolute Gasteiger partial charge is 0.239 e. The topological polar surface area (TPSA) is 41.5 Å². The van der Waals surface area contributed by atoms with Crippen molar-refractivity contribution in [3.63, 3.8) is 0 Å². The number of carbonyl (C=O) groups is 1. The molecular weight excluding hydrogens is 268 g/mol. The van der Waals surface area contributed by atoms with Gasteiger partial charge in [-0.3, -0.25) is 9.79 Å². The third-order valence-corrected chi connectivity index (χ3v) is 4.23. The summed E-state index contributed by atoms with van der Waals surface area (Å²) < 4.78 is 0. The first-order valence-electron chi connectivity index (χ1n) is 6.44. The first-order chi connectivity index (χ1) is 9.83. The van der Waals surface area contributed by atoms with E-state index < -0.39 is 0 Å². The highest BCUT2D eigenvalue weighted by Gasteiger charge is 2.21. The summed E-state index contributed by atoms with van der Waals surface area (Å²) in [7, 11) is 0. The van der Waals surface area contributed by atoms with E-state index in [1.165, 1.54) is 11.8 Å². The van der Waals surface area contributed by atoms with Crippen LogP contribution in [-0.2, 0) is 11.3 Å². The van der Waals surface area contributed by atoms with E-state index in [1.807, 2.05) is 54.6 Å². The average Bonchev–Trinajstić information content (AvgIpc) is 2.53. The number of benzene rings is 2. The van der Waals surface area contributed by atoms with Gasteiger partial charge >= 0.3 is 0 Å². The van der Waals surface area contributed by atoms with E-state index in [2.05, 4.69) is 10.3 Å². The Morgan fingerprint density at radius 1 is 1.10 bits per heavy atom. The van der Waals surface area contributed by atoms with Crippen molar-refractivity contribution in [2.45, 2.75) is 16.7 Å². The summed E-state index contributed by atoms with van der Waals surface area (Å²) in [5.41, 5.74) is 2.03. The summed E-state index contributed by atoms with van der Waals surface area (Å²) in [6.07, 6.45) is 1.72. The summed E-state index contributed by atoms with van der Waals surface area (Å²) in [5, 5.41) is 2.69. The molecule has 1 amide bonds. The number of amides is 1. The lowest BCUT2D eigenvalue weighted by atomic mass is 10.2. The molecule has 3 rings (SSSR count). The largest absolute Gasteiger partial charge is 0.351 e. The van der Waals surface area contributed by atoms with Crippen LogP contribution in [0.25, 0.3) is 0 Å². The van der Waals surface area contributed by atoms with Gasteiger partial charge in [0.2, 0.25) is 5.91 Å². The van der Waals surface area contributed by atoms with Crippen LogP contribution in [-0.4, -0.2) is 17.4 Å². The van der Waals surface area contributed by atoms with Gasteiger partial charge in [-0.05, 0) is 17.7 Å². The summed E-state index contributed by atoms with van der Waals surface area (Å²) in [5.74, 6) is -0.00268. The maximum absolute atomic E-state index is 12.2. The maximum Gasteiger partial charge on any atom is 0.239 e. The predicted molar refractivity (Wildman–Crippen MR) is 82.5 cm³/mol. The van der Waals surface area contributed by atoms with E-state index >= 15 is 0 Å². The number of nitrogens with zero attached hydrogens (tertiary/aromatic N) is 1. The Kier molecular flexibility index (Phi) is 3.83. The van der Waals surface area contributed by atoms with Crippen molar-refractivity contribution in [2.75, 3.05) is 0 Å². The summed E-state index contributed by atoms with van der Waals surface area (Å²) in [6.45, 7) is 0.548. The average molecular weight is 282 g/mol. The summed E-state index contributed by atoms with van der Waals surface area (Å²) in [4.78, 5) is 17.6. The number of hydrogen-bond donors (Lipinski definition) is 1. The molecule has 1 N–H and O–H groups in total. The van der Waals surface area contributed by atoms with Crippen molar-refractivity contribution in [1.29, 1.82) is 0 Å². The van der Waals surface area contributed by atoms with Gasteiger partial charge in [0.25, 0.3) is 0 Å². The van der Waals surface area contributed by atoms with E-state index in [4.69, 9.17) is 0 Å². The van der Waals surface area contributed by atoms with Crippen LogP contribution in [0.15, 0.2) is 64.5 Å². The molecule has 20 heavy (non-hydrogen) atoms. The third kappa shape index (κ3) is 2.91. The van der Waals surface area contributed by atoms with Crippen molar-refractivity contribution in [3.8, 4) is 0 Å². The molecule has 3 nitrogen and oxygen atoms in total. The number of carbonyl (C=O) groups excluding carboxylic acids is 1. The quantitative estimate of drug-likeness (QED) is 0.939. The van der Waals surface area contributed by atoms with Gasteiger partial charge in [-0.2, -0.15) is 0 Å². The Bertz CT molecular complexity index is 640. The van der Waals surface area contributed by atoms with E-state index in [-0.39, 0.29) is 11.2 Å². The molecule has 100 valence electrons. The lowest BCUT2D eigenvalue weighted by Gasteiger charge is -2.17. The highest BCUT2D eigenvalue weighted by molar-refractivity contribution is 8.01. The molecule has 2 aromatic carbocycles. The molecule has 1 aliphatic rings. The first-order valence-corrected chi connectivity index (χ1v) is 7.32. The standard InChI is InChI=1S/C16H14N2OS/c19-16(18-10-12-6-2-1-3-7-12)15-11-17-13-8-4-5-9-14(13)20-15/h1-9,11,15H,10H2,(H,18,19). The fraction of sp³-hybridized carbons (Fsp3) is 0.125. The number of para-hydroxylation sites is 1. The molecule has 0 fully saturated rings. The van der Waals surface area contributed by atoms with Crippen LogP contribution in [0.2, 0.25) is 0 Å². The van der Waals surface area contributed by atoms with Crippen molar-refractivity contribution < 1.29 is 4.79 Å². The molecule has 1 aliphatic heterocycles. The Hall–Kier alpha value is -2.07. The molecule has 0 saturated heterocycles. The minimum atomic E-state index is -0.256. The fourth-order valence-corrected chi connectivity index (χ4v) is 2.97. The van der Waals surface area contributed by atoms with Gasteiger partial charge in [0.05, 0.1) is 5.69 Å². The highest BCUT2D eigenvalue weighted by Crippen LogP contribution is 2.35. The normalized spacial score (nSPS) is 16.5. The zero-order valence-electron chi connectivity index (χ0n) is 10.8. The first kappa shape index (κ1) is 12.9. The Morgan fingerprint density at radius 2 is 1.85 bits per heavy atom. The highest BCUT2D eigenvalue weighted by atomic mass is 32.2. The molecule has 0 aromatic heterocycles.